The van der Waals surface area contributed by atoms with E-state index >= 15 is 0 Å². The van der Waals surface area contributed by atoms with Crippen molar-refractivity contribution in [1.29, 1.82) is 0 Å². The molecule has 10 heteroatoms. The van der Waals surface area contributed by atoms with Gasteiger partial charge in [-0.1, -0.05) is 0 Å². The number of sulfonamides is 1. The number of rotatable bonds is 1. The second-order valence-electron chi connectivity index (χ2n) is 4.01. The lowest BCUT2D eigenvalue weighted by molar-refractivity contribution is 0.0993. The third kappa shape index (κ3) is 2.42. The van der Waals surface area contributed by atoms with Crippen molar-refractivity contribution in [2.45, 2.75) is 15.5 Å². The van der Waals surface area contributed by atoms with E-state index in [0.717, 1.165) is 5.56 Å². The number of hydrogen-bond donors (Lipinski definition) is 4. The van der Waals surface area contributed by atoms with Gasteiger partial charge in [0, 0.05) is 29.9 Å². The fourth-order valence-electron chi connectivity index (χ4n) is 1.88. The Bertz CT molecular complexity index is 765. The monoisotopic (exact) mass is 426 g/mol. The number of carbonyl (C=O) groups excluding carboxylic acids is 1. The van der Waals surface area contributed by atoms with Crippen LogP contribution >= 0.6 is 35.7 Å². The lowest BCUT2D eigenvalue weighted by Gasteiger charge is -2.13. The molecule has 108 valence electrons. The van der Waals surface area contributed by atoms with Crippen molar-refractivity contribution in [2.24, 2.45) is 5.73 Å². The Hall–Kier alpha value is -1.14. The second kappa shape index (κ2) is 5.33. The van der Waals surface area contributed by atoms with Gasteiger partial charge in [-0.15, -0.1) is 35.7 Å². The summed E-state index contributed by atoms with van der Waals surface area (Å²) in [5.74, 6) is -0.147. The van der Waals surface area contributed by atoms with E-state index in [0.29, 0.717) is 16.3 Å². The summed E-state index contributed by atoms with van der Waals surface area (Å²) in [7, 11) is -3.73. The zero-order valence-corrected chi connectivity index (χ0v) is 13.9. The number of nitrogens with one attached hydrogen (secondary N) is 3. The molecule has 0 saturated heterocycles. The van der Waals surface area contributed by atoms with Gasteiger partial charge in [-0.05, 0) is 0 Å². The number of thioether (sulfide) groups is 1. The zero-order chi connectivity index (χ0) is 13.6. The molecule has 0 aliphatic carbocycles. The first-order chi connectivity index (χ1) is 8.99. The molecule has 2 aromatic heterocycles. The predicted octanol–water partition coefficient (Wildman–Crippen LogP) is 1.47. The number of aromatic amines is 2. The van der Waals surface area contributed by atoms with E-state index in [-0.39, 0.29) is 34.6 Å². The Labute approximate surface area is 136 Å². The first kappa shape index (κ1) is 15.3. The zero-order valence-electron chi connectivity index (χ0n) is 9.97. The third-order valence-corrected chi connectivity index (χ3v) is 5.47. The maximum atomic E-state index is 12.2. The van der Waals surface area contributed by atoms with Crippen LogP contribution in [0.15, 0.2) is 28.4 Å². The van der Waals surface area contributed by atoms with Gasteiger partial charge in [0.15, 0.2) is 0 Å². The minimum atomic E-state index is -3.73. The molecule has 3 heterocycles. The highest BCUT2D eigenvalue weighted by Gasteiger charge is 2.28. The maximum Gasteiger partial charge on any atom is 0.266 e. The highest BCUT2D eigenvalue weighted by molar-refractivity contribution is 14.0. The highest BCUT2D eigenvalue weighted by atomic mass is 127. The normalized spacial score (nSPS) is 15.8. The summed E-state index contributed by atoms with van der Waals surface area (Å²) in [6.07, 6.45) is 4.58. The predicted molar refractivity (Wildman–Crippen MR) is 85.9 cm³/mol. The summed E-state index contributed by atoms with van der Waals surface area (Å²) in [4.78, 5) is 17.2. The van der Waals surface area contributed by atoms with E-state index in [1.165, 1.54) is 18.0 Å². The number of primary amides is 1. The molecule has 0 unspecified atom stereocenters. The van der Waals surface area contributed by atoms with Crippen LogP contribution in [0.2, 0.25) is 0 Å². The molecule has 2 aromatic rings. The molecule has 1 amide bonds. The van der Waals surface area contributed by atoms with Crippen LogP contribution in [0, 0.1) is 0 Å². The van der Waals surface area contributed by atoms with Crippen molar-refractivity contribution in [3.63, 3.8) is 0 Å². The Balaban J connectivity index is 0.00000147. The summed E-state index contributed by atoms with van der Waals surface area (Å²) in [6, 6.07) is 0. The molecule has 0 atom stereocenters. The van der Waals surface area contributed by atoms with E-state index in [9.17, 15) is 13.2 Å². The van der Waals surface area contributed by atoms with E-state index in [4.69, 9.17) is 5.73 Å². The molecule has 7 nitrogen and oxygen atoms in total. The average Bonchev–Trinajstić information content (AvgIpc) is 2.90. The highest BCUT2D eigenvalue weighted by Crippen LogP contribution is 2.37. The van der Waals surface area contributed by atoms with Gasteiger partial charge >= 0.3 is 0 Å². The van der Waals surface area contributed by atoms with E-state index in [1.807, 2.05) is 0 Å². The number of halogens is 1. The Morgan fingerprint density at radius 2 is 2.05 bits per heavy atom. The van der Waals surface area contributed by atoms with Crippen LogP contribution in [0.5, 0.6) is 0 Å². The number of hydrogen-bond acceptors (Lipinski definition) is 4. The van der Waals surface area contributed by atoms with Crippen LogP contribution in [0.25, 0.3) is 0 Å². The van der Waals surface area contributed by atoms with Gasteiger partial charge in [0.2, 0.25) is 0 Å². The third-order valence-electron chi connectivity index (χ3n) is 2.78. The fraction of sp³-hybridized carbons (Fsp3) is 0.100. The quantitative estimate of drug-likeness (QED) is 0.516. The van der Waals surface area contributed by atoms with E-state index < -0.39 is 15.9 Å². The minimum Gasteiger partial charge on any atom is -0.365 e. The number of carbonyl (C=O) groups is 1. The van der Waals surface area contributed by atoms with Crippen molar-refractivity contribution in [1.82, 2.24) is 9.97 Å². The molecule has 1 aliphatic rings. The summed E-state index contributed by atoms with van der Waals surface area (Å²) < 4.78 is 26.9. The van der Waals surface area contributed by atoms with Gasteiger partial charge in [0.05, 0.1) is 10.6 Å². The van der Waals surface area contributed by atoms with Crippen LogP contribution < -0.4 is 10.5 Å². The van der Waals surface area contributed by atoms with Crippen LogP contribution in [0.4, 0.5) is 5.69 Å². The Kier molecular flexibility index (Phi) is 4.07. The van der Waals surface area contributed by atoms with Gasteiger partial charge in [0.1, 0.15) is 10.6 Å². The van der Waals surface area contributed by atoms with Gasteiger partial charge in [-0.2, -0.15) is 0 Å². The lowest BCUT2D eigenvalue weighted by Crippen LogP contribution is -2.17. The molecule has 0 fully saturated rings. The molecule has 0 saturated carbocycles. The number of aromatic nitrogens is 2. The number of H-pyrrole nitrogens is 2. The average molecular weight is 426 g/mol. The minimum absolute atomic E-state index is 0. The fourth-order valence-corrected chi connectivity index (χ4v) is 4.58. The first-order valence-electron chi connectivity index (χ1n) is 5.31. The van der Waals surface area contributed by atoms with Crippen molar-refractivity contribution in [3.8, 4) is 0 Å². The summed E-state index contributed by atoms with van der Waals surface area (Å²) in [6.45, 7) is 0. The largest absolute Gasteiger partial charge is 0.365 e. The molecule has 0 bridgehead atoms. The van der Waals surface area contributed by atoms with E-state index in [1.54, 1.807) is 12.4 Å². The van der Waals surface area contributed by atoms with Gasteiger partial charge in [-0.25, -0.2) is 8.42 Å². The molecule has 0 aromatic carbocycles. The number of amides is 1. The molecule has 1 aliphatic heterocycles. The second-order valence-corrected chi connectivity index (χ2v) is 6.65. The Morgan fingerprint density at radius 3 is 2.75 bits per heavy atom. The number of anilines is 1. The first-order valence-corrected chi connectivity index (χ1v) is 7.78. The van der Waals surface area contributed by atoms with Crippen LogP contribution in [-0.2, 0) is 15.8 Å². The van der Waals surface area contributed by atoms with Crippen molar-refractivity contribution in [2.75, 3.05) is 4.72 Å². The topological polar surface area (TPSA) is 121 Å². The van der Waals surface area contributed by atoms with E-state index in [2.05, 4.69) is 14.7 Å². The molecule has 3 rings (SSSR count). The van der Waals surface area contributed by atoms with Crippen molar-refractivity contribution in [3.05, 3.63) is 29.8 Å². The van der Waals surface area contributed by atoms with Gasteiger partial charge < -0.3 is 15.7 Å². The van der Waals surface area contributed by atoms with Gasteiger partial charge in [0.25, 0.3) is 15.9 Å². The molecule has 20 heavy (non-hydrogen) atoms. The molecular formula is C10H11IN4O3S2. The standard InChI is InChI=1S/C10H10N4O3S2.HI/c11-10(15)8-9-7(3-13-8)19(16,17)14-6-2-12-1-5(6)4-18-9;/h1-3,12-14H,4H2,(H2,11,15);1H. The smallest absolute Gasteiger partial charge is 0.266 e. The summed E-state index contributed by atoms with van der Waals surface area (Å²) >= 11 is 1.26. The molecular weight excluding hydrogens is 415 g/mol. The number of fused-ring (bicyclic) bond motifs is 2. The van der Waals surface area contributed by atoms with Crippen LogP contribution in [-0.4, -0.2) is 24.3 Å². The SMILES string of the molecule is I.NC(=O)c1[nH]cc2c1SCc1c[nH]cc1NS2(=O)=O. The molecule has 0 radical (unpaired) electrons. The summed E-state index contributed by atoms with van der Waals surface area (Å²) in [5, 5.41) is 0. The lowest BCUT2D eigenvalue weighted by atomic mass is 10.3. The number of nitrogens with two attached hydrogens (primary N) is 1. The maximum absolute atomic E-state index is 12.2. The Morgan fingerprint density at radius 1 is 1.30 bits per heavy atom. The van der Waals surface area contributed by atoms with Gasteiger partial charge in [-0.3, -0.25) is 9.52 Å². The van der Waals surface area contributed by atoms with Crippen molar-refractivity contribution >= 4 is 57.4 Å². The van der Waals surface area contributed by atoms with Crippen LogP contribution in [0.1, 0.15) is 16.1 Å². The van der Waals surface area contributed by atoms with Crippen molar-refractivity contribution < 1.29 is 13.2 Å². The molecule has 5 N–H and O–H groups in total. The van der Waals surface area contributed by atoms with Crippen LogP contribution in [0.3, 0.4) is 0 Å². The summed E-state index contributed by atoms with van der Waals surface area (Å²) in [5.41, 5.74) is 6.68. The molecule has 0 spiro atoms.